The molecule has 2 aromatic rings. The van der Waals surface area contributed by atoms with Gasteiger partial charge in [0.15, 0.2) is 0 Å². The molecule has 6 N–H and O–H groups in total. The Labute approximate surface area is 184 Å². The summed E-state index contributed by atoms with van der Waals surface area (Å²) in [4.78, 5) is 48.1. The summed E-state index contributed by atoms with van der Waals surface area (Å²) in [6, 6.07) is 17.3. The molecule has 0 saturated heterocycles. The number of rotatable bonds is 10. The molecule has 0 saturated carbocycles. The molecule has 0 bridgehead atoms. The van der Waals surface area contributed by atoms with Gasteiger partial charge in [-0.3, -0.25) is 0 Å². The van der Waals surface area contributed by atoms with Crippen LogP contribution in [0, 0.1) is 0 Å². The third-order valence-electron chi connectivity index (χ3n) is 4.05. The third-order valence-corrected chi connectivity index (χ3v) is 13.2. The third kappa shape index (κ3) is 7.05. The number of nitrogens with two attached hydrogens (primary N) is 2. The number of hydrogen-bond donors (Lipinski definition) is 4. The van der Waals surface area contributed by atoms with E-state index in [2.05, 4.69) is 10.6 Å². The Morgan fingerprint density at radius 1 is 0.677 bits per heavy atom. The molecular formula is C20H24N4O6Sn. The Kier molecular flexibility index (Phi) is 9.43. The van der Waals surface area contributed by atoms with Gasteiger partial charge < -0.3 is 0 Å². The Morgan fingerprint density at radius 2 is 1.03 bits per heavy atom. The molecule has 0 aliphatic rings. The molecule has 0 aliphatic heterocycles. The molecule has 0 aromatic heterocycles. The van der Waals surface area contributed by atoms with Crippen molar-refractivity contribution in [1.82, 2.24) is 10.6 Å². The number of hydrogen-bond acceptors (Lipinski definition) is 8. The molecule has 0 radical (unpaired) electrons. The summed E-state index contributed by atoms with van der Waals surface area (Å²) in [5.74, 6) is -2.61. The summed E-state index contributed by atoms with van der Waals surface area (Å²) < 4.78 is 12.8. The summed E-state index contributed by atoms with van der Waals surface area (Å²) in [7, 11) is 0. The van der Waals surface area contributed by atoms with Crippen LogP contribution in [-0.4, -0.2) is 69.1 Å². The van der Waals surface area contributed by atoms with E-state index in [0.29, 0.717) is 7.16 Å². The van der Waals surface area contributed by atoms with Gasteiger partial charge in [0.25, 0.3) is 0 Å². The molecule has 2 amide bonds. The molecule has 2 aromatic carbocycles. The van der Waals surface area contributed by atoms with E-state index in [1.165, 1.54) is 0 Å². The van der Waals surface area contributed by atoms with Crippen LogP contribution in [0.5, 0.6) is 0 Å². The minimum atomic E-state index is -4.90. The first-order valence-corrected chi connectivity index (χ1v) is 14.6. The molecule has 0 unspecified atom stereocenters. The average Bonchev–Trinajstić information content (AvgIpc) is 2.81. The standard InChI is InChI=1S/2C6H5.2C4H8N2O3.Sn/c2*1-2-4-6-5-3-1;2*5-1-3(7)6-2-4(8)9;/h2*1-5H;2*1-2,5H2,(H,6,7)(H,8,9);/q;;;;+2/p-2. The predicted octanol–water partition coefficient (Wildman–Crippen LogP) is -2.52. The van der Waals surface area contributed by atoms with Crippen molar-refractivity contribution in [2.75, 3.05) is 26.2 Å². The zero-order valence-electron chi connectivity index (χ0n) is 16.7. The van der Waals surface area contributed by atoms with Crippen LogP contribution in [0.25, 0.3) is 0 Å². The Bertz CT molecular complexity index is 835. The van der Waals surface area contributed by atoms with Gasteiger partial charge in [0.2, 0.25) is 0 Å². The van der Waals surface area contributed by atoms with Crippen LogP contribution in [0.1, 0.15) is 0 Å². The summed E-state index contributed by atoms with van der Waals surface area (Å²) >= 11 is -4.90. The topological polar surface area (TPSA) is 163 Å². The van der Waals surface area contributed by atoms with Crippen molar-refractivity contribution < 1.29 is 25.3 Å². The number of nitrogens with one attached hydrogen (secondary N) is 2. The van der Waals surface area contributed by atoms with Gasteiger partial charge in [0.1, 0.15) is 0 Å². The van der Waals surface area contributed by atoms with Crippen molar-refractivity contribution in [2.24, 2.45) is 11.5 Å². The van der Waals surface area contributed by atoms with Gasteiger partial charge in [0.05, 0.1) is 0 Å². The fourth-order valence-electron chi connectivity index (χ4n) is 2.62. The van der Waals surface area contributed by atoms with E-state index in [9.17, 15) is 19.2 Å². The van der Waals surface area contributed by atoms with Crippen LogP contribution in [-0.2, 0) is 25.3 Å². The summed E-state index contributed by atoms with van der Waals surface area (Å²) in [5.41, 5.74) is 10.5. The summed E-state index contributed by atoms with van der Waals surface area (Å²) in [6.07, 6.45) is 0. The molecular weight excluding hydrogens is 511 g/mol. The van der Waals surface area contributed by atoms with E-state index < -0.39 is 56.0 Å². The fourth-order valence-corrected chi connectivity index (χ4v) is 10.9. The van der Waals surface area contributed by atoms with E-state index in [1.54, 1.807) is 60.7 Å². The monoisotopic (exact) mass is 536 g/mol. The van der Waals surface area contributed by atoms with Crippen LogP contribution in [0.3, 0.4) is 0 Å². The Morgan fingerprint density at radius 3 is 1.35 bits per heavy atom. The van der Waals surface area contributed by atoms with Gasteiger partial charge in [-0.25, -0.2) is 0 Å². The second-order valence-electron chi connectivity index (χ2n) is 6.26. The molecule has 2 rings (SSSR count). The molecule has 11 heteroatoms. The van der Waals surface area contributed by atoms with Gasteiger partial charge in [0, 0.05) is 0 Å². The SMILES string of the molecule is NCC(=O)NCC(=O)[O][Sn]([O]C(=O)CNC(=O)CN)([c]1ccccc1)[c]1ccccc1. The number of carbonyl (C=O) groups excluding carboxylic acids is 4. The van der Waals surface area contributed by atoms with Gasteiger partial charge in [-0.15, -0.1) is 0 Å². The van der Waals surface area contributed by atoms with Crippen LogP contribution < -0.4 is 29.3 Å². The van der Waals surface area contributed by atoms with E-state index in [-0.39, 0.29) is 13.1 Å². The fraction of sp³-hybridized carbons (Fsp3) is 0.200. The van der Waals surface area contributed by atoms with Crippen molar-refractivity contribution in [3.63, 3.8) is 0 Å². The van der Waals surface area contributed by atoms with Crippen LogP contribution in [0.4, 0.5) is 0 Å². The molecule has 0 atom stereocenters. The van der Waals surface area contributed by atoms with E-state index in [0.717, 1.165) is 0 Å². The Balaban J connectivity index is 2.41. The van der Waals surface area contributed by atoms with Crippen LogP contribution in [0.15, 0.2) is 60.7 Å². The molecule has 0 heterocycles. The summed E-state index contributed by atoms with van der Waals surface area (Å²) in [6.45, 7) is -1.44. The van der Waals surface area contributed by atoms with E-state index in [4.69, 9.17) is 17.6 Å². The van der Waals surface area contributed by atoms with E-state index >= 15 is 0 Å². The molecule has 31 heavy (non-hydrogen) atoms. The van der Waals surface area contributed by atoms with Gasteiger partial charge >= 0.3 is 184 Å². The van der Waals surface area contributed by atoms with Crippen molar-refractivity contribution in [3.8, 4) is 0 Å². The maximum atomic E-state index is 12.6. The molecule has 0 aliphatic carbocycles. The Hall–Kier alpha value is -2.96. The van der Waals surface area contributed by atoms with Gasteiger partial charge in [-0.1, -0.05) is 0 Å². The molecule has 10 nitrogen and oxygen atoms in total. The average molecular weight is 535 g/mol. The molecule has 0 spiro atoms. The first-order chi connectivity index (χ1) is 14.9. The zero-order valence-corrected chi connectivity index (χ0v) is 19.6. The zero-order chi connectivity index (χ0) is 22.7. The second-order valence-corrected chi connectivity index (χ2v) is 14.2. The summed E-state index contributed by atoms with van der Waals surface area (Å²) in [5, 5.41) is 4.68. The normalized spacial score (nSPS) is 10.6. The second kappa shape index (κ2) is 12.0. The van der Waals surface area contributed by atoms with E-state index in [1.807, 2.05) is 0 Å². The van der Waals surface area contributed by atoms with Gasteiger partial charge in [-0.05, 0) is 0 Å². The molecule has 0 fully saturated rings. The predicted molar refractivity (Wildman–Crippen MR) is 114 cm³/mol. The van der Waals surface area contributed by atoms with Crippen molar-refractivity contribution in [3.05, 3.63) is 60.7 Å². The maximum absolute atomic E-state index is 12.6. The first-order valence-electron chi connectivity index (χ1n) is 9.39. The minimum absolute atomic E-state index is 0.283. The first kappa shape index (κ1) is 24.3. The van der Waals surface area contributed by atoms with Crippen molar-refractivity contribution in [2.45, 2.75) is 0 Å². The van der Waals surface area contributed by atoms with Crippen LogP contribution in [0.2, 0.25) is 0 Å². The van der Waals surface area contributed by atoms with Crippen molar-refractivity contribution in [1.29, 1.82) is 0 Å². The number of benzene rings is 2. The molecule has 164 valence electrons. The van der Waals surface area contributed by atoms with Crippen molar-refractivity contribution >= 4 is 50.1 Å². The number of amides is 2. The quantitative estimate of drug-likeness (QED) is 0.243. The van der Waals surface area contributed by atoms with Gasteiger partial charge in [-0.2, -0.15) is 0 Å². The van der Waals surface area contributed by atoms with Crippen LogP contribution >= 0.6 is 0 Å². The number of carbonyl (C=O) groups is 4.